The van der Waals surface area contributed by atoms with E-state index in [1.54, 1.807) is 0 Å². The van der Waals surface area contributed by atoms with Crippen LogP contribution < -0.4 is 10.6 Å². The van der Waals surface area contributed by atoms with E-state index in [0.29, 0.717) is 28.6 Å². The number of anilines is 2. The third-order valence-electron chi connectivity index (χ3n) is 2.61. The molecule has 0 aliphatic carbocycles. The maximum atomic E-state index is 6.08. The SMILES string of the molecule is CC(C)CC(C)N(C)c1ncnc(N)c1Cl. The molecular weight excluding hydrogens is 224 g/mol. The van der Waals surface area contributed by atoms with Crippen LogP contribution in [-0.4, -0.2) is 23.1 Å². The number of aromatic nitrogens is 2. The molecular formula is C11H19ClN4. The molecule has 0 radical (unpaired) electrons. The minimum Gasteiger partial charge on any atom is -0.382 e. The Balaban J connectivity index is 2.87. The van der Waals surface area contributed by atoms with Gasteiger partial charge in [0.25, 0.3) is 0 Å². The van der Waals surface area contributed by atoms with Gasteiger partial charge in [0.15, 0.2) is 5.82 Å². The molecule has 0 aromatic carbocycles. The van der Waals surface area contributed by atoms with Crippen LogP contribution in [0.3, 0.4) is 0 Å². The summed E-state index contributed by atoms with van der Waals surface area (Å²) < 4.78 is 0. The van der Waals surface area contributed by atoms with Crippen molar-refractivity contribution in [1.82, 2.24) is 9.97 Å². The number of hydrogen-bond donors (Lipinski definition) is 1. The molecule has 0 amide bonds. The van der Waals surface area contributed by atoms with Crippen molar-refractivity contribution in [2.24, 2.45) is 5.92 Å². The summed E-state index contributed by atoms with van der Waals surface area (Å²) in [4.78, 5) is 10.1. The quantitative estimate of drug-likeness (QED) is 0.882. The molecule has 1 unspecified atom stereocenters. The predicted octanol–water partition coefficient (Wildman–Crippen LogP) is 2.58. The van der Waals surface area contributed by atoms with E-state index in [9.17, 15) is 0 Å². The second-order valence-corrected chi connectivity index (χ2v) is 4.86. The average molecular weight is 243 g/mol. The van der Waals surface area contributed by atoms with Crippen molar-refractivity contribution < 1.29 is 0 Å². The highest BCUT2D eigenvalue weighted by Crippen LogP contribution is 2.28. The summed E-state index contributed by atoms with van der Waals surface area (Å²) in [5, 5.41) is 0.431. The van der Waals surface area contributed by atoms with E-state index in [4.69, 9.17) is 17.3 Å². The first kappa shape index (κ1) is 13.0. The van der Waals surface area contributed by atoms with Crippen molar-refractivity contribution in [3.63, 3.8) is 0 Å². The minimum absolute atomic E-state index is 0.329. The van der Waals surface area contributed by atoms with Crippen LogP contribution in [0.25, 0.3) is 0 Å². The lowest BCUT2D eigenvalue weighted by molar-refractivity contribution is 0.502. The first-order valence-electron chi connectivity index (χ1n) is 5.42. The summed E-state index contributed by atoms with van der Waals surface area (Å²) in [5.41, 5.74) is 5.65. The van der Waals surface area contributed by atoms with Gasteiger partial charge in [-0.1, -0.05) is 25.4 Å². The molecule has 2 N–H and O–H groups in total. The van der Waals surface area contributed by atoms with Crippen molar-refractivity contribution in [2.75, 3.05) is 17.7 Å². The largest absolute Gasteiger partial charge is 0.382 e. The van der Waals surface area contributed by atoms with E-state index < -0.39 is 0 Å². The molecule has 0 aliphatic rings. The lowest BCUT2D eigenvalue weighted by Crippen LogP contribution is -2.31. The average Bonchev–Trinajstić information content (AvgIpc) is 2.20. The van der Waals surface area contributed by atoms with Crippen LogP contribution in [0.2, 0.25) is 5.02 Å². The number of nitrogen functional groups attached to an aromatic ring is 1. The van der Waals surface area contributed by atoms with E-state index >= 15 is 0 Å². The molecule has 0 saturated carbocycles. The molecule has 1 rings (SSSR count). The van der Waals surface area contributed by atoms with Gasteiger partial charge < -0.3 is 10.6 Å². The Hall–Kier alpha value is -1.03. The highest BCUT2D eigenvalue weighted by atomic mass is 35.5. The zero-order valence-electron chi connectivity index (χ0n) is 10.2. The third-order valence-corrected chi connectivity index (χ3v) is 2.97. The van der Waals surface area contributed by atoms with Crippen molar-refractivity contribution in [3.05, 3.63) is 11.3 Å². The van der Waals surface area contributed by atoms with E-state index in [1.165, 1.54) is 6.33 Å². The van der Waals surface area contributed by atoms with E-state index in [2.05, 4.69) is 30.7 Å². The highest BCUT2D eigenvalue weighted by Gasteiger charge is 2.17. The van der Waals surface area contributed by atoms with Crippen LogP contribution in [0.5, 0.6) is 0 Å². The Morgan fingerprint density at radius 1 is 1.38 bits per heavy atom. The number of halogens is 1. The second-order valence-electron chi connectivity index (χ2n) is 4.49. The number of rotatable bonds is 4. The molecule has 1 atom stereocenters. The van der Waals surface area contributed by atoms with Crippen molar-refractivity contribution >= 4 is 23.2 Å². The smallest absolute Gasteiger partial charge is 0.153 e. The standard InChI is InChI=1S/C11H19ClN4/c1-7(2)5-8(3)16(4)11-9(12)10(13)14-6-15-11/h6-8H,5H2,1-4H3,(H2,13,14,15). The van der Waals surface area contributed by atoms with Crippen molar-refractivity contribution in [2.45, 2.75) is 33.2 Å². The normalized spacial score (nSPS) is 12.9. The van der Waals surface area contributed by atoms with E-state index in [1.807, 2.05) is 11.9 Å². The Labute approximate surface area is 102 Å². The second kappa shape index (κ2) is 5.34. The summed E-state index contributed by atoms with van der Waals surface area (Å²) in [6.07, 6.45) is 2.52. The molecule has 0 fully saturated rings. The molecule has 90 valence electrons. The summed E-state index contributed by atoms with van der Waals surface area (Å²) in [7, 11) is 1.97. The van der Waals surface area contributed by atoms with Gasteiger partial charge in [0.05, 0.1) is 0 Å². The summed E-state index contributed by atoms with van der Waals surface area (Å²) >= 11 is 6.08. The fourth-order valence-electron chi connectivity index (χ4n) is 1.67. The molecule has 0 saturated heterocycles. The third kappa shape index (κ3) is 2.98. The first-order chi connectivity index (χ1) is 7.43. The molecule has 5 heteroatoms. The van der Waals surface area contributed by atoms with Crippen LogP contribution in [0, 0.1) is 5.92 Å². The molecule has 0 spiro atoms. The molecule has 1 aromatic heterocycles. The van der Waals surface area contributed by atoms with Gasteiger partial charge >= 0.3 is 0 Å². The molecule has 1 heterocycles. The highest BCUT2D eigenvalue weighted by molar-refractivity contribution is 6.35. The van der Waals surface area contributed by atoms with Crippen molar-refractivity contribution in [3.8, 4) is 0 Å². The summed E-state index contributed by atoms with van der Waals surface area (Å²) in [5.74, 6) is 1.66. The van der Waals surface area contributed by atoms with E-state index in [0.717, 1.165) is 6.42 Å². The molecule has 0 aliphatic heterocycles. The van der Waals surface area contributed by atoms with Gasteiger partial charge in [-0.15, -0.1) is 0 Å². The zero-order valence-corrected chi connectivity index (χ0v) is 11.0. The maximum absolute atomic E-state index is 6.08. The van der Waals surface area contributed by atoms with Crippen LogP contribution in [0.15, 0.2) is 6.33 Å². The van der Waals surface area contributed by atoms with Gasteiger partial charge in [-0.2, -0.15) is 0 Å². The fraction of sp³-hybridized carbons (Fsp3) is 0.636. The Kier molecular flexibility index (Phi) is 4.35. The van der Waals surface area contributed by atoms with E-state index in [-0.39, 0.29) is 0 Å². The molecule has 4 nitrogen and oxygen atoms in total. The maximum Gasteiger partial charge on any atom is 0.153 e. The van der Waals surface area contributed by atoms with Gasteiger partial charge in [0, 0.05) is 13.1 Å². The fourth-order valence-corrected chi connectivity index (χ4v) is 1.90. The minimum atomic E-state index is 0.329. The molecule has 0 bridgehead atoms. The Bertz CT molecular complexity index is 354. The van der Waals surface area contributed by atoms with Gasteiger partial charge in [-0.05, 0) is 19.3 Å². The number of hydrogen-bond acceptors (Lipinski definition) is 4. The lowest BCUT2D eigenvalue weighted by atomic mass is 10.0. The van der Waals surface area contributed by atoms with Crippen LogP contribution in [0.1, 0.15) is 27.2 Å². The van der Waals surface area contributed by atoms with Crippen LogP contribution in [0.4, 0.5) is 11.6 Å². The van der Waals surface area contributed by atoms with Gasteiger partial charge in [-0.25, -0.2) is 9.97 Å². The van der Waals surface area contributed by atoms with Gasteiger partial charge in [0.2, 0.25) is 0 Å². The van der Waals surface area contributed by atoms with Crippen LogP contribution in [-0.2, 0) is 0 Å². The Morgan fingerprint density at radius 3 is 2.56 bits per heavy atom. The molecule has 16 heavy (non-hydrogen) atoms. The summed E-state index contributed by atoms with van der Waals surface area (Å²) in [6.45, 7) is 6.54. The predicted molar refractivity (Wildman–Crippen MR) is 68.8 cm³/mol. The topological polar surface area (TPSA) is 55.0 Å². The van der Waals surface area contributed by atoms with Crippen molar-refractivity contribution in [1.29, 1.82) is 0 Å². The molecule has 1 aromatic rings. The monoisotopic (exact) mass is 242 g/mol. The van der Waals surface area contributed by atoms with Gasteiger partial charge in [-0.3, -0.25) is 0 Å². The number of nitrogens with zero attached hydrogens (tertiary/aromatic N) is 3. The summed E-state index contributed by atoms with van der Waals surface area (Å²) in [6, 6.07) is 0.367. The Morgan fingerprint density at radius 2 is 2.00 bits per heavy atom. The van der Waals surface area contributed by atoms with Gasteiger partial charge in [0.1, 0.15) is 17.2 Å². The number of nitrogens with two attached hydrogens (primary N) is 1. The first-order valence-corrected chi connectivity index (χ1v) is 5.80. The zero-order chi connectivity index (χ0) is 12.3. The van der Waals surface area contributed by atoms with Crippen LogP contribution >= 0.6 is 11.6 Å². The lowest BCUT2D eigenvalue weighted by Gasteiger charge is -2.27.